The van der Waals surface area contributed by atoms with E-state index in [1.807, 2.05) is 0 Å². The Morgan fingerprint density at radius 1 is 0.929 bits per heavy atom. The van der Waals surface area contributed by atoms with E-state index in [4.69, 9.17) is 18.0 Å². The minimum Gasteiger partial charge on any atom is -0.381 e. The van der Waals surface area contributed by atoms with Crippen LogP contribution in [0.4, 0.5) is 0 Å². The summed E-state index contributed by atoms with van der Waals surface area (Å²) < 4.78 is 21.2. The molecule has 0 aromatic rings. The van der Waals surface area contributed by atoms with Gasteiger partial charge >= 0.3 is 8.80 Å². The van der Waals surface area contributed by atoms with Crippen molar-refractivity contribution in [2.45, 2.75) is 25.8 Å². The third kappa shape index (κ3) is 5.07. The maximum atomic E-state index is 5.43. The van der Waals surface area contributed by atoms with Gasteiger partial charge in [-0.3, -0.25) is 0 Å². The summed E-state index contributed by atoms with van der Waals surface area (Å²) in [6.07, 6.45) is 2.25. The summed E-state index contributed by atoms with van der Waals surface area (Å²) in [7, 11) is 2.45. The first-order chi connectivity index (χ1) is 6.74. The maximum Gasteiger partial charge on any atom is 0.502 e. The van der Waals surface area contributed by atoms with Crippen molar-refractivity contribution in [2.24, 2.45) is 0 Å². The van der Waals surface area contributed by atoms with Gasteiger partial charge in [-0.25, -0.2) is 0 Å². The van der Waals surface area contributed by atoms with Gasteiger partial charge in [-0.15, -0.1) is 0 Å². The lowest BCUT2D eigenvalue weighted by molar-refractivity contribution is 0.0944. The Labute approximate surface area is 87.9 Å². The molecule has 0 fully saturated rings. The van der Waals surface area contributed by atoms with Gasteiger partial charge in [-0.1, -0.05) is 13.3 Å². The van der Waals surface area contributed by atoms with Crippen LogP contribution in [0.1, 0.15) is 19.8 Å². The van der Waals surface area contributed by atoms with E-state index in [0.717, 1.165) is 19.4 Å². The number of unbranched alkanes of at least 4 members (excludes halogenated alkanes) is 1. The summed E-state index contributed by atoms with van der Waals surface area (Å²) in [5, 5.41) is 0. The lowest BCUT2D eigenvalue weighted by atomic mass is 10.4. The third-order valence-electron chi connectivity index (χ3n) is 2.13. The molecule has 0 rings (SSSR count). The van der Waals surface area contributed by atoms with Crippen LogP contribution in [0.2, 0.25) is 6.04 Å². The lowest BCUT2D eigenvalue weighted by Gasteiger charge is -2.24. The van der Waals surface area contributed by atoms with E-state index in [1.165, 1.54) is 0 Å². The molecule has 14 heavy (non-hydrogen) atoms. The molecule has 0 aliphatic heterocycles. The van der Waals surface area contributed by atoms with E-state index >= 15 is 0 Å². The minimum absolute atomic E-state index is 0.641. The van der Waals surface area contributed by atoms with Gasteiger partial charge in [0.2, 0.25) is 0 Å². The third-order valence-corrected chi connectivity index (χ3v) is 4.81. The molecule has 0 aliphatic rings. The molecule has 0 amide bonds. The van der Waals surface area contributed by atoms with Crippen LogP contribution in [0.15, 0.2) is 0 Å². The van der Waals surface area contributed by atoms with E-state index < -0.39 is 8.80 Å². The average Bonchev–Trinajstić information content (AvgIpc) is 2.24. The van der Waals surface area contributed by atoms with Crippen molar-refractivity contribution < 1.29 is 18.0 Å². The number of rotatable bonds is 9. The molecular weight excluding hydrogens is 200 g/mol. The summed E-state index contributed by atoms with van der Waals surface area (Å²) in [5.41, 5.74) is 0. The summed E-state index contributed by atoms with van der Waals surface area (Å²) in [6.45, 7) is 3.59. The molecule has 0 N–H and O–H groups in total. The van der Waals surface area contributed by atoms with Crippen LogP contribution >= 0.6 is 0 Å². The van der Waals surface area contributed by atoms with Crippen LogP contribution in [-0.4, -0.2) is 43.3 Å². The van der Waals surface area contributed by atoms with Crippen molar-refractivity contribution in [2.75, 3.05) is 34.5 Å². The molecule has 4 nitrogen and oxygen atoms in total. The molecule has 0 saturated heterocycles. The maximum absolute atomic E-state index is 5.43. The molecule has 0 heterocycles. The molecule has 5 heteroatoms. The molecule has 0 aromatic carbocycles. The van der Waals surface area contributed by atoms with Gasteiger partial charge in [0.15, 0.2) is 0 Å². The smallest absolute Gasteiger partial charge is 0.381 e. The molecule has 86 valence electrons. The molecule has 0 spiro atoms. The Kier molecular flexibility index (Phi) is 8.41. The van der Waals surface area contributed by atoms with Crippen molar-refractivity contribution in [3.8, 4) is 0 Å². The lowest BCUT2D eigenvalue weighted by Crippen LogP contribution is -2.43. The molecule has 0 atom stereocenters. The van der Waals surface area contributed by atoms with E-state index in [0.29, 0.717) is 12.7 Å². The van der Waals surface area contributed by atoms with E-state index in [-0.39, 0.29) is 0 Å². The van der Waals surface area contributed by atoms with Crippen molar-refractivity contribution in [3.63, 3.8) is 0 Å². The fourth-order valence-electron chi connectivity index (χ4n) is 1.10. The summed E-state index contributed by atoms with van der Waals surface area (Å²) in [5.74, 6) is 0. The zero-order valence-corrected chi connectivity index (χ0v) is 10.7. The van der Waals surface area contributed by atoms with Gasteiger partial charge in [0.1, 0.15) is 0 Å². The molecule has 0 saturated carbocycles. The number of hydrogen-bond donors (Lipinski definition) is 0. The van der Waals surface area contributed by atoms with Crippen LogP contribution in [0.5, 0.6) is 0 Å². The predicted molar refractivity (Wildman–Crippen MR) is 57.3 cm³/mol. The molecule has 0 bridgehead atoms. The van der Waals surface area contributed by atoms with Gasteiger partial charge in [0.25, 0.3) is 0 Å². The minimum atomic E-state index is -2.40. The fraction of sp³-hybridized carbons (Fsp3) is 1.00. The zero-order chi connectivity index (χ0) is 10.9. The Morgan fingerprint density at radius 3 is 1.93 bits per heavy atom. The number of ether oxygens (including phenoxy) is 1. The van der Waals surface area contributed by atoms with Gasteiger partial charge in [0.05, 0.1) is 6.61 Å². The monoisotopic (exact) mass is 222 g/mol. The normalized spacial score (nSPS) is 12.0. The summed E-state index contributed by atoms with van der Waals surface area (Å²) >= 11 is 0. The first-order valence-electron chi connectivity index (χ1n) is 4.98. The van der Waals surface area contributed by atoms with Crippen molar-refractivity contribution in [3.05, 3.63) is 0 Å². The van der Waals surface area contributed by atoms with Gasteiger partial charge < -0.3 is 18.0 Å². The Morgan fingerprint density at radius 2 is 1.50 bits per heavy atom. The highest BCUT2D eigenvalue weighted by molar-refractivity contribution is 6.60. The van der Waals surface area contributed by atoms with Gasteiger partial charge in [-0.05, 0) is 6.42 Å². The average molecular weight is 222 g/mol. The SMILES string of the molecule is CCCCOCC[Si](OC)(OC)OC. The molecule has 0 radical (unpaired) electrons. The second kappa shape index (κ2) is 8.37. The van der Waals surface area contributed by atoms with E-state index in [9.17, 15) is 0 Å². The van der Waals surface area contributed by atoms with Crippen molar-refractivity contribution in [1.82, 2.24) is 0 Å². The molecular formula is C9H22O4Si. The number of hydrogen-bond acceptors (Lipinski definition) is 4. The highest BCUT2D eigenvalue weighted by Gasteiger charge is 2.37. The van der Waals surface area contributed by atoms with Gasteiger partial charge in [-0.2, -0.15) is 0 Å². The van der Waals surface area contributed by atoms with Crippen LogP contribution in [-0.2, 0) is 18.0 Å². The van der Waals surface area contributed by atoms with Crippen molar-refractivity contribution >= 4 is 8.80 Å². The van der Waals surface area contributed by atoms with E-state index in [1.54, 1.807) is 21.3 Å². The van der Waals surface area contributed by atoms with Crippen LogP contribution < -0.4 is 0 Å². The molecule has 0 unspecified atom stereocenters. The first kappa shape index (κ1) is 14.1. The van der Waals surface area contributed by atoms with Crippen LogP contribution in [0.25, 0.3) is 0 Å². The standard InChI is InChI=1S/C9H22O4Si/c1-5-6-7-13-8-9-14(10-2,11-3)12-4/h5-9H2,1-4H3. The second-order valence-corrected chi connectivity index (χ2v) is 6.10. The molecule has 0 aromatic heterocycles. The zero-order valence-electron chi connectivity index (χ0n) is 9.67. The fourth-order valence-corrected chi connectivity index (χ4v) is 2.61. The molecule has 0 aliphatic carbocycles. The van der Waals surface area contributed by atoms with Gasteiger partial charge in [0, 0.05) is 34.0 Å². The summed E-state index contributed by atoms with van der Waals surface area (Å²) in [6, 6.07) is 0.709. The second-order valence-electron chi connectivity index (χ2n) is 3.01. The Balaban J connectivity index is 3.61. The highest BCUT2D eigenvalue weighted by Crippen LogP contribution is 2.12. The summed E-state index contributed by atoms with van der Waals surface area (Å²) in [4.78, 5) is 0. The van der Waals surface area contributed by atoms with E-state index in [2.05, 4.69) is 6.92 Å². The predicted octanol–water partition coefficient (Wildman–Crippen LogP) is 1.68. The first-order valence-corrected chi connectivity index (χ1v) is 6.91. The van der Waals surface area contributed by atoms with Crippen LogP contribution in [0.3, 0.4) is 0 Å². The quantitative estimate of drug-likeness (QED) is 0.439. The van der Waals surface area contributed by atoms with Crippen molar-refractivity contribution in [1.29, 1.82) is 0 Å². The highest BCUT2D eigenvalue weighted by atomic mass is 28.4. The Bertz CT molecular complexity index is 120. The topological polar surface area (TPSA) is 36.9 Å². The largest absolute Gasteiger partial charge is 0.502 e. The Hall–Kier alpha value is 0.0569. The van der Waals surface area contributed by atoms with Crippen LogP contribution in [0, 0.1) is 0 Å².